The quantitative estimate of drug-likeness (QED) is 0.648. The van der Waals surface area contributed by atoms with Crippen molar-refractivity contribution < 1.29 is 5.11 Å². The van der Waals surface area contributed by atoms with Gasteiger partial charge in [0.1, 0.15) is 0 Å². The van der Waals surface area contributed by atoms with Crippen LogP contribution in [0, 0.1) is 5.41 Å². The Morgan fingerprint density at radius 2 is 1.91 bits per heavy atom. The van der Waals surface area contributed by atoms with Gasteiger partial charge in [0.15, 0.2) is 5.96 Å². The molecule has 1 saturated heterocycles. The van der Waals surface area contributed by atoms with Gasteiger partial charge in [0.25, 0.3) is 0 Å². The first-order valence-electron chi connectivity index (χ1n) is 8.75. The number of hydrogen-bond acceptors (Lipinski definition) is 2. The van der Waals surface area contributed by atoms with Crippen molar-refractivity contribution in [3.05, 3.63) is 35.9 Å². The van der Waals surface area contributed by atoms with E-state index in [0.717, 1.165) is 51.4 Å². The lowest BCUT2D eigenvalue weighted by atomic mass is 9.86. The van der Waals surface area contributed by atoms with E-state index >= 15 is 0 Å². The van der Waals surface area contributed by atoms with Crippen LogP contribution in [0.5, 0.6) is 0 Å². The largest absolute Gasteiger partial charge is 0.393 e. The minimum Gasteiger partial charge on any atom is -0.393 e. The second-order valence-corrected chi connectivity index (χ2v) is 7.21. The number of aliphatic imine (C=N–C) groups is 1. The number of likely N-dealkylation sites (tertiary alicyclic amines) is 1. The van der Waals surface area contributed by atoms with E-state index in [-0.39, 0.29) is 11.5 Å². The first-order chi connectivity index (χ1) is 11.0. The molecular formula is C19H31N3O. The molecule has 0 aliphatic carbocycles. The summed E-state index contributed by atoms with van der Waals surface area (Å²) in [5.74, 6) is 0.987. The molecule has 1 aromatic carbocycles. The van der Waals surface area contributed by atoms with Crippen LogP contribution in [0.1, 0.15) is 39.2 Å². The van der Waals surface area contributed by atoms with Gasteiger partial charge in [-0.15, -0.1) is 0 Å². The molecule has 0 saturated carbocycles. The van der Waals surface area contributed by atoms with E-state index in [2.05, 4.69) is 61.3 Å². The number of piperidine rings is 1. The van der Waals surface area contributed by atoms with Crippen LogP contribution in [0.15, 0.2) is 35.3 Å². The predicted molar refractivity (Wildman–Crippen MR) is 96.7 cm³/mol. The molecule has 1 fully saturated rings. The van der Waals surface area contributed by atoms with Gasteiger partial charge in [-0.1, -0.05) is 44.2 Å². The summed E-state index contributed by atoms with van der Waals surface area (Å²) >= 11 is 0. The molecule has 4 nitrogen and oxygen atoms in total. The van der Waals surface area contributed by atoms with Gasteiger partial charge in [0.2, 0.25) is 0 Å². The molecule has 1 heterocycles. The molecule has 0 unspecified atom stereocenters. The van der Waals surface area contributed by atoms with Gasteiger partial charge < -0.3 is 15.3 Å². The van der Waals surface area contributed by atoms with Crippen molar-refractivity contribution in [1.29, 1.82) is 0 Å². The standard InChI is InChI=1S/C19H31N3O/c1-4-20-18(22-12-10-17(23)11-13-22)21-15-19(2,3)14-16-8-6-5-7-9-16/h5-9,17,23H,4,10-15H2,1-3H3,(H,20,21). The number of aliphatic hydroxyl groups is 1. The first kappa shape index (κ1) is 17.8. The van der Waals surface area contributed by atoms with Crippen molar-refractivity contribution in [1.82, 2.24) is 10.2 Å². The number of guanidine groups is 1. The molecule has 2 N–H and O–H groups in total. The molecule has 0 spiro atoms. The van der Waals surface area contributed by atoms with E-state index in [0.29, 0.717) is 0 Å². The summed E-state index contributed by atoms with van der Waals surface area (Å²) in [6.07, 6.45) is 2.54. The number of nitrogens with one attached hydrogen (secondary N) is 1. The average molecular weight is 317 g/mol. The number of benzene rings is 1. The molecule has 0 aromatic heterocycles. The Kier molecular flexibility index (Phi) is 6.46. The molecule has 23 heavy (non-hydrogen) atoms. The summed E-state index contributed by atoms with van der Waals surface area (Å²) in [5.41, 5.74) is 1.48. The lowest BCUT2D eigenvalue weighted by molar-refractivity contribution is 0.108. The Hall–Kier alpha value is -1.55. The topological polar surface area (TPSA) is 47.9 Å². The van der Waals surface area contributed by atoms with E-state index in [4.69, 9.17) is 4.99 Å². The second kappa shape index (κ2) is 8.34. The fourth-order valence-corrected chi connectivity index (χ4v) is 3.00. The minimum absolute atomic E-state index is 0.122. The molecule has 4 heteroatoms. The maximum atomic E-state index is 9.67. The molecule has 1 aliphatic rings. The fourth-order valence-electron chi connectivity index (χ4n) is 3.00. The van der Waals surface area contributed by atoms with Crippen LogP contribution in [0.3, 0.4) is 0 Å². The Bertz CT molecular complexity index is 491. The number of aliphatic hydroxyl groups excluding tert-OH is 1. The summed E-state index contributed by atoms with van der Waals surface area (Å²) in [7, 11) is 0. The highest BCUT2D eigenvalue weighted by Gasteiger charge is 2.22. The van der Waals surface area contributed by atoms with Crippen molar-refractivity contribution in [3.8, 4) is 0 Å². The smallest absolute Gasteiger partial charge is 0.193 e. The van der Waals surface area contributed by atoms with E-state index in [1.165, 1.54) is 5.56 Å². The van der Waals surface area contributed by atoms with Crippen LogP contribution >= 0.6 is 0 Å². The lowest BCUT2D eigenvalue weighted by Crippen LogP contribution is -2.47. The van der Waals surface area contributed by atoms with Crippen LogP contribution in [0.4, 0.5) is 0 Å². The third-order valence-corrected chi connectivity index (χ3v) is 4.28. The Labute approximate surface area is 140 Å². The molecule has 0 amide bonds. The maximum absolute atomic E-state index is 9.67. The molecule has 1 aliphatic heterocycles. The zero-order valence-corrected chi connectivity index (χ0v) is 14.8. The Morgan fingerprint density at radius 3 is 2.52 bits per heavy atom. The molecular weight excluding hydrogens is 286 g/mol. The van der Waals surface area contributed by atoms with Gasteiger partial charge in [-0.05, 0) is 37.2 Å². The van der Waals surface area contributed by atoms with Gasteiger partial charge in [0, 0.05) is 26.2 Å². The molecule has 128 valence electrons. The summed E-state index contributed by atoms with van der Waals surface area (Å²) in [6, 6.07) is 10.6. The molecule has 1 aromatic rings. The lowest BCUT2D eigenvalue weighted by Gasteiger charge is -2.33. The highest BCUT2D eigenvalue weighted by molar-refractivity contribution is 5.80. The van der Waals surface area contributed by atoms with E-state index in [9.17, 15) is 5.11 Å². The average Bonchev–Trinajstić information content (AvgIpc) is 2.53. The van der Waals surface area contributed by atoms with Crippen molar-refractivity contribution in [2.75, 3.05) is 26.2 Å². The maximum Gasteiger partial charge on any atom is 0.193 e. The zero-order chi connectivity index (χ0) is 16.7. The van der Waals surface area contributed by atoms with Crippen molar-refractivity contribution in [2.24, 2.45) is 10.4 Å². The molecule has 0 atom stereocenters. The van der Waals surface area contributed by atoms with Crippen LogP contribution in [0.2, 0.25) is 0 Å². The van der Waals surface area contributed by atoms with Crippen molar-refractivity contribution in [3.63, 3.8) is 0 Å². The monoisotopic (exact) mass is 317 g/mol. The highest BCUT2D eigenvalue weighted by atomic mass is 16.3. The molecule has 0 radical (unpaired) electrons. The fraction of sp³-hybridized carbons (Fsp3) is 0.632. The second-order valence-electron chi connectivity index (χ2n) is 7.21. The summed E-state index contributed by atoms with van der Waals surface area (Å²) in [4.78, 5) is 7.15. The first-order valence-corrected chi connectivity index (χ1v) is 8.75. The molecule has 0 bridgehead atoms. The number of nitrogens with zero attached hydrogens (tertiary/aromatic N) is 2. The normalized spacial score (nSPS) is 17.4. The van der Waals surface area contributed by atoms with Crippen LogP contribution in [0.25, 0.3) is 0 Å². The van der Waals surface area contributed by atoms with Gasteiger partial charge >= 0.3 is 0 Å². The zero-order valence-electron chi connectivity index (χ0n) is 14.8. The summed E-state index contributed by atoms with van der Waals surface area (Å²) in [5, 5.41) is 13.1. The Balaban J connectivity index is 1.98. The SMILES string of the molecule is CCNC(=NCC(C)(C)Cc1ccccc1)N1CCC(O)CC1. The van der Waals surface area contributed by atoms with Gasteiger partial charge in [-0.25, -0.2) is 0 Å². The van der Waals surface area contributed by atoms with Crippen LogP contribution in [-0.2, 0) is 6.42 Å². The van der Waals surface area contributed by atoms with E-state index in [1.54, 1.807) is 0 Å². The summed E-state index contributed by atoms with van der Waals surface area (Å²) in [6.45, 7) is 10.1. The third kappa shape index (κ3) is 5.87. The minimum atomic E-state index is -0.149. The predicted octanol–water partition coefficient (Wildman–Crippen LogP) is 2.68. The number of hydrogen-bond donors (Lipinski definition) is 2. The molecule has 2 rings (SSSR count). The van der Waals surface area contributed by atoms with Crippen molar-refractivity contribution >= 4 is 5.96 Å². The highest BCUT2D eigenvalue weighted by Crippen LogP contribution is 2.22. The van der Waals surface area contributed by atoms with Crippen LogP contribution < -0.4 is 5.32 Å². The van der Waals surface area contributed by atoms with Crippen molar-refractivity contribution in [2.45, 2.75) is 46.1 Å². The van der Waals surface area contributed by atoms with E-state index in [1.807, 2.05) is 0 Å². The third-order valence-electron chi connectivity index (χ3n) is 4.28. The number of rotatable bonds is 5. The van der Waals surface area contributed by atoms with E-state index < -0.39 is 0 Å². The Morgan fingerprint density at radius 1 is 1.26 bits per heavy atom. The van der Waals surface area contributed by atoms with Gasteiger partial charge in [0.05, 0.1) is 6.10 Å². The van der Waals surface area contributed by atoms with Crippen LogP contribution in [-0.4, -0.2) is 48.2 Å². The van der Waals surface area contributed by atoms with Gasteiger partial charge in [-0.3, -0.25) is 4.99 Å². The van der Waals surface area contributed by atoms with Gasteiger partial charge in [-0.2, -0.15) is 0 Å². The summed E-state index contributed by atoms with van der Waals surface area (Å²) < 4.78 is 0.